The minimum Gasteiger partial charge on any atom is -0.334 e. The molecule has 0 N–H and O–H groups in total. The Balaban J connectivity index is 2.57. The number of ketones is 1. The van der Waals surface area contributed by atoms with Gasteiger partial charge in [0.1, 0.15) is 5.78 Å². The third kappa shape index (κ3) is 3.12. The van der Waals surface area contributed by atoms with Gasteiger partial charge in [-0.3, -0.25) is 9.59 Å². The van der Waals surface area contributed by atoms with Gasteiger partial charge >= 0.3 is 6.43 Å². The maximum Gasteiger partial charge on any atom is 0.315 e. The molecule has 1 saturated heterocycles. The molecule has 1 fully saturated rings. The molecular weight excluding hydrogens is 228 g/mol. The van der Waals surface area contributed by atoms with E-state index in [9.17, 15) is 18.4 Å². The van der Waals surface area contributed by atoms with Crippen molar-refractivity contribution in [1.82, 2.24) is 4.90 Å². The molecule has 6 heteroatoms. The minimum absolute atomic E-state index is 0.0853. The number of carbonyl (C=O) groups excluding carboxylic acids is 2. The van der Waals surface area contributed by atoms with Crippen molar-refractivity contribution in [3.63, 3.8) is 0 Å². The van der Waals surface area contributed by atoms with Crippen LogP contribution in [0.1, 0.15) is 19.3 Å². The highest BCUT2D eigenvalue weighted by molar-refractivity contribution is 6.27. The molecule has 1 heterocycles. The molecule has 0 aromatic carbocycles. The number of rotatable bonds is 4. The number of Topliss-reactive ketones (excluding diaryl/α,β-unsaturated/α-hetero) is 1. The van der Waals surface area contributed by atoms with Crippen molar-refractivity contribution in [1.29, 1.82) is 0 Å². The first-order valence-corrected chi connectivity index (χ1v) is 5.26. The molecule has 0 aromatic rings. The predicted molar refractivity (Wildman–Crippen MR) is 51.1 cm³/mol. The van der Waals surface area contributed by atoms with Gasteiger partial charge in [-0.15, -0.1) is 11.6 Å². The van der Waals surface area contributed by atoms with Crippen molar-refractivity contribution in [2.24, 2.45) is 0 Å². The molecular formula is C9H12ClF2NO2. The van der Waals surface area contributed by atoms with Crippen molar-refractivity contribution in [2.75, 3.05) is 12.4 Å². The van der Waals surface area contributed by atoms with E-state index >= 15 is 0 Å². The fourth-order valence-corrected chi connectivity index (χ4v) is 1.89. The summed E-state index contributed by atoms with van der Waals surface area (Å²) in [6, 6.07) is -0.391. The second kappa shape index (κ2) is 5.39. The summed E-state index contributed by atoms with van der Waals surface area (Å²) in [4.78, 5) is 23.2. The van der Waals surface area contributed by atoms with Crippen LogP contribution < -0.4 is 0 Å². The molecule has 0 saturated carbocycles. The van der Waals surface area contributed by atoms with Crippen molar-refractivity contribution in [3.05, 3.63) is 0 Å². The first-order chi connectivity index (χ1) is 7.06. The fourth-order valence-electron chi connectivity index (χ4n) is 1.78. The highest BCUT2D eigenvalue weighted by Gasteiger charge is 2.33. The van der Waals surface area contributed by atoms with Crippen LogP contribution in [0.25, 0.3) is 0 Å². The van der Waals surface area contributed by atoms with Crippen molar-refractivity contribution >= 4 is 23.3 Å². The molecule has 0 aromatic heterocycles. The van der Waals surface area contributed by atoms with Gasteiger partial charge < -0.3 is 4.90 Å². The maximum absolute atomic E-state index is 12.2. The van der Waals surface area contributed by atoms with Crippen molar-refractivity contribution < 1.29 is 18.4 Å². The van der Waals surface area contributed by atoms with E-state index in [4.69, 9.17) is 11.6 Å². The number of nitrogens with zero attached hydrogens (tertiary/aromatic N) is 1. The molecule has 0 spiro atoms. The second-order valence-corrected chi connectivity index (χ2v) is 3.77. The second-order valence-electron chi connectivity index (χ2n) is 3.50. The van der Waals surface area contributed by atoms with Crippen LogP contribution in [-0.2, 0) is 9.59 Å². The highest BCUT2D eigenvalue weighted by Crippen LogP contribution is 2.22. The third-order valence-corrected chi connectivity index (χ3v) is 2.76. The van der Waals surface area contributed by atoms with E-state index in [0.29, 0.717) is 19.4 Å². The van der Waals surface area contributed by atoms with Gasteiger partial charge in [-0.25, -0.2) is 0 Å². The topological polar surface area (TPSA) is 37.4 Å². The Labute approximate surface area is 91.4 Å². The molecule has 1 aliphatic rings. The normalized spacial score (nSPS) is 21.1. The Morgan fingerprint density at radius 1 is 1.47 bits per heavy atom. The van der Waals surface area contributed by atoms with Crippen LogP contribution in [-0.4, -0.2) is 41.5 Å². The number of carbonyl (C=O) groups is 2. The summed E-state index contributed by atoms with van der Waals surface area (Å²) in [5.41, 5.74) is 0. The number of hydrogen-bond donors (Lipinski definition) is 0. The van der Waals surface area contributed by atoms with E-state index in [1.165, 1.54) is 0 Å². The Kier molecular flexibility index (Phi) is 4.45. The third-order valence-electron chi connectivity index (χ3n) is 2.46. The summed E-state index contributed by atoms with van der Waals surface area (Å²) in [5, 5.41) is 0. The maximum atomic E-state index is 12.2. The first kappa shape index (κ1) is 12.4. The summed E-state index contributed by atoms with van der Waals surface area (Å²) in [6.45, 7) is 0.309. The van der Waals surface area contributed by atoms with Gasteiger partial charge in [0.2, 0.25) is 0 Å². The number of hydrogen-bond acceptors (Lipinski definition) is 2. The lowest BCUT2D eigenvalue weighted by Crippen LogP contribution is -2.40. The quantitative estimate of drug-likeness (QED) is 0.697. The van der Waals surface area contributed by atoms with E-state index < -0.39 is 18.4 Å². The van der Waals surface area contributed by atoms with E-state index in [1.807, 2.05) is 0 Å². The van der Waals surface area contributed by atoms with E-state index in [2.05, 4.69) is 0 Å². The van der Waals surface area contributed by atoms with E-state index in [0.717, 1.165) is 4.90 Å². The van der Waals surface area contributed by atoms with Crippen LogP contribution in [0.2, 0.25) is 0 Å². The number of amides is 1. The SMILES string of the molecule is O=C(CCl)CC1CCCN1C(=O)C(F)F. The first-order valence-electron chi connectivity index (χ1n) is 4.72. The summed E-state index contributed by atoms with van der Waals surface area (Å²) >= 11 is 5.32. The summed E-state index contributed by atoms with van der Waals surface area (Å²) < 4.78 is 24.3. The summed E-state index contributed by atoms with van der Waals surface area (Å²) in [7, 11) is 0. The molecule has 1 rings (SSSR count). The minimum atomic E-state index is -2.99. The Morgan fingerprint density at radius 3 is 2.67 bits per heavy atom. The van der Waals surface area contributed by atoms with Gasteiger partial charge in [0.15, 0.2) is 0 Å². The van der Waals surface area contributed by atoms with Gasteiger partial charge in [0.25, 0.3) is 5.91 Å². The zero-order valence-corrected chi connectivity index (χ0v) is 8.84. The molecule has 1 unspecified atom stereocenters. The molecule has 86 valence electrons. The lowest BCUT2D eigenvalue weighted by molar-refractivity contribution is -0.144. The molecule has 0 aliphatic carbocycles. The Bertz CT molecular complexity index is 260. The van der Waals surface area contributed by atoms with Crippen molar-refractivity contribution in [3.8, 4) is 0 Å². The number of likely N-dealkylation sites (tertiary alicyclic amines) is 1. The van der Waals surface area contributed by atoms with Gasteiger partial charge in [0, 0.05) is 19.0 Å². The van der Waals surface area contributed by atoms with Crippen LogP contribution >= 0.6 is 11.6 Å². The largest absolute Gasteiger partial charge is 0.334 e. The lowest BCUT2D eigenvalue weighted by Gasteiger charge is -2.23. The Morgan fingerprint density at radius 2 is 2.13 bits per heavy atom. The monoisotopic (exact) mass is 239 g/mol. The number of alkyl halides is 3. The number of halogens is 3. The lowest BCUT2D eigenvalue weighted by atomic mass is 10.1. The van der Waals surface area contributed by atoms with Crippen molar-refractivity contribution in [2.45, 2.75) is 31.7 Å². The summed E-state index contributed by atoms with van der Waals surface area (Å²) in [5.74, 6) is -1.52. The zero-order chi connectivity index (χ0) is 11.4. The van der Waals surface area contributed by atoms with Crippen LogP contribution in [0.4, 0.5) is 8.78 Å². The molecule has 1 atom stereocenters. The molecule has 0 bridgehead atoms. The van der Waals surface area contributed by atoms with Crippen LogP contribution in [0.15, 0.2) is 0 Å². The van der Waals surface area contributed by atoms with Gasteiger partial charge in [-0.05, 0) is 12.8 Å². The van der Waals surface area contributed by atoms with Crippen LogP contribution in [0, 0.1) is 0 Å². The molecule has 3 nitrogen and oxygen atoms in total. The molecule has 0 radical (unpaired) electrons. The van der Waals surface area contributed by atoms with E-state index in [-0.39, 0.29) is 18.1 Å². The molecule has 15 heavy (non-hydrogen) atoms. The fraction of sp³-hybridized carbons (Fsp3) is 0.778. The van der Waals surface area contributed by atoms with Gasteiger partial charge in [0.05, 0.1) is 5.88 Å². The Hall–Kier alpha value is -0.710. The van der Waals surface area contributed by atoms with E-state index in [1.54, 1.807) is 0 Å². The zero-order valence-electron chi connectivity index (χ0n) is 8.09. The predicted octanol–water partition coefficient (Wildman–Crippen LogP) is 1.44. The smallest absolute Gasteiger partial charge is 0.315 e. The standard InChI is InChI=1S/C9H12ClF2NO2/c10-5-7(14)4-6-2-1-3-13(6)9(15)8(11)12/h6,8H,1-5H2. The summed E-state index contributed by atoms with van der Waals surface area (Å²) in [6.07, 6.45) is -1.64. The average Bonchev–Trinajstić information content (AvgIpc) is 2.64. The average molecular weight is 240 g/mol. The highest BCUT2D eigenvalue weighted by atomic mass is 35.5. The van der Waals surface area contributed by atoms with Gasteiger partial charge in [-0.1, -0.05) is 0 Å². The molecule has 1 amide bonds. The van der Waals surface area contributed by atoms with Crippen LogP contribution in [0.3, 0.4) is 0 Å². The molecule has 1 aliphatic heterocycles. The van der Waals surface area contributed by atoms with Crippen LogP contribution in [0.5, 0.6) is 0 Å². The van der Waals surface area contributed by atoms with Gasteiger partial charge in [-0.2, -0.15) is 8.78 Å².